The lowest BCUT2D eigenvalue weighted by Gasteiger charge is -2.17. The van der Waals surface area contributed by atoms with E-state index in [0.717, 1.165) is 22.1 Å². The molecule has 0 unspecified atom stereocenters. The van der Waals surface area contributed by atoms with Crippen LogP contribution in [0.3, 0.4) is 0 Å². The van der Waals surface area contributed by atoms with Gasteiger partial charge in [-0.25, -0.2) is 4.79 Å². The van der Waals surface area contributed by atoms with Crippen molar-refractivity contribution in [2.24, 2.45) is 0 Å². The van der Waals surface area contributed by atoms with Gasteiger partial charge in [0.15, 0.2) is 0 Å². The highest BCUT2D eigenvalue weighted by Crippen LogP contribution is 2.22. The van der Waals surface area contributed by atoms with Crippen molar-refractivity contribution < 1.29 is 13.9 Å². The molecule has 0 aliphatic carbocycles. The van der Waals surface area contributed by atoms with Gasteiger partial charge in [-0.15, -0.1) is 0 Å². The van der Waals surface area contributed by atoms with E-state index in [4.69, 9.17) is 9.15 Å². The Kier molecular flexibility index (Phi) is 5.80. The minimum Gasteiger partial charge on any atom is -0.497 e. The number of carbonyl (C=O) groups excluding carboxylic acids is 1. The summed E-state index contributed by atoms with van der Waals surface area (Å²) in [6.45, 7) is 4.64. The van der Waals surface area contributed by atoms with Crippen LogP contribution in [0.2, 0.25) is 0 Å². The lowest BCUT2D eigenvalue weighted by molar-refractivity contribution is -0.117. The number of hydrogen-bond donors (Lipinski definition) is 1. The number of likely N-dealkylation sites (N-methyl/N-ethyl adjacent to an activating group) is 1. The molecule has 1 aromatic heterocycles. The third-order valence-electron chi connectivity index (χ3n) is 4.65. The predicted molar refractivity (Wildman–Crippen MR) is 110 cm³/mol. The van der Waals surface area contributed by atoms with Crippen molar-refractivity contribution >= 4 is 22.6 Å². The molecule has 0 aliphatic heterocycles. The fourth-order valence-corrected chi connectivity index (χ4v) is 3.11. The Hall–Kier alpha value is -3.12. The smallest absolute Gasteiger partial charge is 0.336 e. The molecule has 1 N–H and O–H groups in total. The summed E-state index contributed by atoms with van der Waals surface area (Å²) in [6.07, 6.45) is 0. The van der Waals surface area contributed by atoms with Crippen LogP contribution in [0.15, 0.2) is 51.7 Å². The summed E-state index contributed by atoms with van der Waals surface area (Å²) in [5.41, 5.74) is 3.89. The van der Waals surface area contributed by atoms with Crippen LogP contribution in [0.4, 0.5) is 5.69 Å². The number of methoxy groups -OCH3 is 1. The maximum atomic E-state index is 12.4. The second kappa shape index (κ2) is 8.27. The van der Waals surface area contributed by atoms with Crippen LogP contribution in [0.5, 0.6) is 5.75 Å². The van der Waals surface area contributed by atoms with E-state index in [1.807, 2.05) is 50.1 Å². The van der Waals surface area contributed by atoms with Crippen LogP contribution in [0, 0.1) is 13.8 Å². The molecule has 146 valence electrons. The van der Waals surface area contributed by atoms with Gasteiger partial charge < -0.3 is 14.5 Å². The fraction of sp³-hybridized carbons (Fsp3) is 0.273. The largest absolute Gasteiger partial charge is 0.497 e. The van der Waals surface area contributed by atoms with E-state index in [1.165, 1.54) is 6.07 Å². The number of aryl methyl sites for hydroxylation is 2. The Morgan fingerprint density at radius 2 is 1.89 bits per heavy atom. The van der Waals surface area contributed by atoms with Gasteiger partial charge in [0.25, 0.3) is 0 Å². The average molecular weight is 380 g/mol. The van der Waals surface area contributed by atoms with Crippen LogP contribution in [-0.4, -0.2) is 31.5 Å². The third-order valence-corrected chi connectivity index (χ3v) is 4.65. The highest BCUT2D eigenvalue weighted by molar-refractivity contribution is 5.92. The number of rotatable bonds is 6. The zero-order valence-electron chi connectivity index (χ0n) is 16.5. The first kappa shape index (κ1) is 19.6. The number of hydrogen-bond acceptors (Lipinski definition) is 5. The summed E-state index contributed by atoms with van der Waals surface area (Å²) in [6, 6.07) is 12.6. The summed E-state index contributed by atoms with van der Waals surface area (Å²) in [7, 11) is 3.42. The van der Waals surface area contributed by atoms with Crippen molar-refractivity contribution in [3.05, 3.63) is 69.6 Å². The van der Waals surface area contributed by atoms with Gasteiger partial charge in [-0.05, 0) is 61.9 Å². The third kappa shape index (κ3) is 4.58. The molecule has 0 fully saturated rings. The average Bonchev–Trinajstić information content (AvgIpc) is 2.63. The van der Waals surface area contributed by atoms with Crippen molar-refractivity contribution in [2.45, 2.75) is 20.4 Å². The quantitative estimate of drug-likeness (QED) is 0.663. The monoisotopic (exact) mass is 380 g/mol. The van der Waals surface area contributed by atoms with Gasteiger partial charge in [0.1, 0.15) is 11.3 Å². The van der Waals surface area contributed by atoms with Crippen LogP contribution in [-0.2, 0) is 11.3 Å². The molecule has 3 aromatic rings. The normalized spacial score (nSPS) is 11.0. The maximum Gasteiger partial charge on any atom is 0.336 e. The van der Waals surface area contributed by atoms with Gasteiger partial charge in [0.2, 0.25) is 5.91 Å². The predicted octanol–water partition coefficient (Wildman–Crippen LogP) is 3.49. The van der Waals surface area contributed by atoms with E-state index in [-0.39, 0.29) is 18.1 Å². The summed E-state index contributed by atoms with van der Waals surface area (Å²) in [5.74, 6) is 0.536. The van der Waals surface area contributed by atoms with Crippen molar-refractivity contribution in [3.8, 4) is 5.75 Å². The van der Waals surface area contributed by atoms with E-state index in [0.29, 0.717) is 23.6 Å². The van der Waals surface area contributed by atoms with Gasteiger partial charge in [-0.1, -0.05) is 6.07 Å². The number of ether oxygens (including phenoxy) is 1. The Morgan fingerprint density at radius 3 is 2.64 bits per heavy atom. The molecule has 0 saturated heterocycles. The molecule has 2 aromatic carbocycles. The molecule has 6 nitrogen and oxygen atoms in total. The maximum absolute atomic E-state index is 12.4. The van der Waals surface area contributed by atoms with Crippen LogP contribution >= 0.6 is 0 Å². The number of fused-ring (bicyclic) bond motifs is 1. The number of benzene rings is 2. The summed E-state index contributed by atoms with van der Waals surface area (Å²) in [5, 5.41) is 3.75. The van der Waals surface area contributed by atoms with Crippen molar-refractivity contribution in [3.63, 3.8) is 0 Å². The standard InChI is InChI=1S/C22H24N2O4/c1-14-8-19-16(10-22(26)28-20(19)9-15(14)2)12-24(3)13-21(25)23-17-6-5-7-18(11-17)27-4/h5-11H,12-13H2,1-4H3,(H,23,25). The second-order valence-electron chi connectivity index (χ2n) is 6.98. The molecule has 0 saturated carbocycles. The molecular formula is C22H24N2O4. The van der Waals surface area contributed by atoms with E-state index in [2.05, 4.69) is 5.32 Å². The Balaban J connectivity index is 1.74. The molecule has 3 rings (SSSR count). The number of anilines is 1. The zero-order valence-corrected chi connectivity index (χ0v) is 16.5. The van der Waals surface area contributed by atoms with Crippen LogP contribution in [0.25, 0.3) is 11.0 Å². The van der Waals surface area contributed by atoms with Crippen molar-refractivity contribution in [1.82, 2.24) is 4.90 Å². The minimum absolute atomic E-state index is 0.143. The molecule has 1 amide bonds. The molecule has 0 bridgehead atoms. The van der Waals surface area contributed by atoms with Gasteiger partial charge in [0.05, 0.1) is 13.7 Å². The SMILES string of the molecule is COc1cccc(NC(=O)CN(C)Cc2cc(=O)oc3cc(C)c(C)cc23)c1. The molecule has 0 aliphatic rings. The van der Waals surface area contributed by atoms with Crippen LogP contribution < -0.4 is 15.7 Å². The van der Waals surface area contributed by atoms with E-state index in [1.54, 1.807) is 19.2 Å². The first-order valence-corrected chi connectivity index (χ1v) is 9.02. The van der Waals surface area contributed by atoms with Gasteiger partial charge in [-0.3, -0.25) is 9.69 Å². The molecule has 28 heavy (non-hydrogen) atoms. The minimum atomic E-state index is -0.389. The second-order valence-corrected chi connectivity index (χ2v) is 6.98. The van der Waals surface area contributed by atoms with Gasteiger partial charge >= 0.3 is 5.63 Å². The lowest BCUT2D eigenvalue weighted by Crippen LogP contribution is -2.30. The molecule has 1 heterocycles. The summed E-state index contributed by atoms with van der Waals surface area (Å²) >= 11 is 0. The van der Waals surface area contributed by atoms with Crippen LogP contribution in [0.1, 0.15) is 16.7 Å². The zero-order chi connectivity index (χ0) is 20.3. The number of amides is 1. The number of nitrogens with one attached hydrogen (secondary N) is 1. The first-order chi connectivity index (χ1) is 13.4. The summed E-state index contributed by atoms with van der Waals surface area (Å²) in [4.78, 5) is 26.2. The number of nitrogens with zero attached hydrogens (tertiary/aromatic N) is 1. The Bertz CT molecular complexity index is 1070. The molecule has 6 heteroatoms. The molecule has 0 spiro atoms. The van der Waals surface area contributed by atoms with Gasteiger partial charge in [-0.2, -0.15) is 0 Å². The molecular weight excluding hydrogens is 356 g/mol. The van der Waals surface area contributed by atoms with Crippen molar-refractivity contribution in [2.75, 3.05) is 26.0 Å². The van der Waals surface area contributed by atoms with E-state index in [9.17, 15) is 9.59 Å². The first-order valence-electron chi connectivity index (χ1n) is 9.02. The van der Waals surface area contributed by atoms with Gasteiger partial charge in [0, 0.05) is 29.8 Å². The highest BCUT2D eigenvalue weighted by Gasteiger charge is 2.12. The van der Waals surface area contributed by atoms with Crippen molar-refractivity contribution in [1.29, 1.82) is 0 Å². The lowest BCUT2D eigenvalue weighted by atomic mass is 10.0. The molecule has 0 radical (unpaired) electrons. The number of carbonyl (C=O) groups is 1. The Labute approximate surface area is 163 Å². The van der Waals surface area contributed by atoms with E-state index < -0.39 is 0 Å². The molecule has 0 atom stereocenters. The van der Waals surface area contributed by atoms with E-state index >= 15 is 0 Å². The summed E-state index contributed by atoms with van der Waals surface area (Å²) < 4.78 is 10.5. The topological polar surface area (TPSA) is 71.8 Å². The highest BCUT2D eigenvalue weighted by atomic mass is 16.5. The fourth-order valence-electron chi connectivity index (χ4n) is 3.11. The Morgan fingerprint density at radius 1 is 1.14 bits per heavy atom.